The number of nitrogens with zero attached hydrogens (tertiary/aromatic N) is 1. The summed E-state index contributed by atoms with van der Waals surface area (Å²) in [5.74, 6) is -0.241. The van der Waals surface area contributed by atoms with Gasteiger partial charge in [-0.15, -0.1) is 11.3 Å². The maximum Gasteiger partial charge on any atom is 0.325 e. The Kier molecular flexibility index (Phi) is 4.85. The molecule has 3 rings (SSSR count). The maximum absolute atomic E-state index is 11.5. The highest BCUT2D eigenvalue weighted by molar-refractivity contribution is 7.11. The lowest BCUT2D eigenvalue weighted by Gasteiger charge is -2.13. The summed E-state index contributed by atoms with van der Waals surface area (Å²) in [4.78, 5) is 17.1. The minimum atomic E-state index is -0.855. The summed E-state index contributed by atoms with van der Waals surface area (Å²) in [7, 11) is 0. The van der Waals surface area contributed by atoms with Gasteiger partial charge in [0.05, 0.1) is 5.01 Å². The third-order valence-electron chi connectivity index (χ3n) is 4.14. The van der Waals surface area contributed by atoms with Crippen LogP contribution in [0.4, 0.5) is 0 Å². The quantitative estimate of drug-likeness (QED) is 0.852. The first-order valence-corrected chi connectivity index (χ1v) is 8.51. The zero-order chi connectivity index (χ0) is 15.4. The van der Waals surface area contributed by atoms with E-state index in [-0.39, 0.29) is 0 Å². The molecule has 0 aliphatic heterocycles. The van der Waals surface area contributed by atoms with Crippen molar-refractivity contribution in [1.29, 1.82) is 0 Å². The van der Waals surface area contributed by atoms with Crippen LogP contribution in [0.5, 0.6) is 0 Å². The number of hydrogen-bond acceptors (Lipinski definition) is 4. The number of carboxylic acids is 1. The zero-order valence-corrected chi connectivity index (χ0v) is 13.2. The third-order valence-corrected chi connectivity index (χ3v) is 5.30. The Morgan fingerprint density at radius 3 is 2.73 bits per heavy atom. The average Bonchev–Trinajstić information content (AvgIpc) is 3.19. The van der Waals surface area contributed by atoms with Gasteiger partial charge in [-0.3, -0.25) is 10.1 Å². The first kappa shape index (κ1) is 15.2. The van der Waals surface area contributed by atoms with E-state index in [4.69, 9.17) is 0 Å². The first-order chi connectivity index (χ1) is 10.7. The van der Waals surface area contributed by atoms with Crippen molar-refractivity contribution < 1.29 is 9.90 Å². The van der Waals surface area contributed by atoms with Gasteiger partial charge in [-0.1, -0.05) is 43.2 Å². The molecule has 4 nitrogen and oxygen atoms in total. The fraction of sp³-hybridized carbons (Fsp3) is 0.412. The van der Waals surface area contributed by atoms with Crippen LogP contribution < -0.4 is 5.32 Å². The van der Waals surface area contributed by atoms with Gasteiger partial charge in [-0.2, -0.15) is 0 Å². The fourth-order valence-electron chi connectivity index (χ4n) is 2.96. The van der Waals surface area contributed by atoms with E-state index in [0.29, 0.717) is 12.5 Å². The van der Waals surface area contributed by atoms with Crippen LogP contribution in [-0.2, 0) is 11.3 Å². The number of carbonyl (C=O) groups is 1. The molecule has 2 N–H and O–H groups in total. The Balaban J connectivity index is 1.64. The minimum absolute atomic E-state index is 0.538. The van der Waals surface area contributed by atoms with E-state index in [0.717, 1.165) is 10.4 Å². The Morgan fingerprint density at radius 1 is 1.32 bits per heavy atom. The molecule has 0 saturated heterocycles. The van der Waals surface area contributed by atoms with E-state index in [1.807, 2.05) is 36.5 Å². The highest BCUT2D eigenvalue weighted by Gasteiger charge is 2.22. The Hall–Kier alpha value is -1.72. The summed E-state index contributed by atoms with van der Waals surface area (Å²) < 4.78 is 0. The van der Waals surface area contributed by atoms with Crippen molar-refractivity contribution in [2.45, 2.75) is 44.2 Å². The van der Waals surface area contributed by atoms with Gasteiger partial charge in [-0.25, -0.2) is 4.98 Å². The van der Waals surface area contributed by atoms with Gasteiger partial charge in [0.2, 0.25) is 0 Å². The molecule has 1 saturated carbocycles. The van der Waals surface area contributed by atoms with Crippen molar-refractivity contribution in [2.75, 3.05) is 0 Å². The summed E-state index contributed by atoms with van der Waals surface area (Å²) in [5, 5.41) is 13.7. The smallest absolute Gasteiger partial charge is 0.325 e. The fourth-order valence-corrected chi connectivity index (χ4v) is 4.00. The van der Waals surface area contributed by atoms with E-state index < -0.39 is 12.0 Å². The summed E-state index contributed by atoms with van der Waals surface area (Å²) in [6.07, 6.45) is 6.96. The largest absolute Gasteiger partial charge is 0.480 e. The molecule has 116 valence electrons. The van der Waals surface area contributed by atoms with E-state index in [1.165, 1.54) is 30.7 Å². The molecule has 1 aromatic heterocycles. The molecule has 1 aromatic carbocycles. The Labute approximate surface area is 134 Å². The summed E-state index contributed by atoms with van der Waals surface area (Å²) in [6.45, 7) is 0.538. The average molecular weight is 316 g/mol. The molecule has 0 radical (unpaired) electrons. The molecule has 1 fully saturated rings. The topological polar surface area (TPSA) is 62.2 Å². The standard InChI is InChI=1S/C17H20N2O2S/c20-17(21)15(12-6-2-1-3-7-12)18-10-14-11-19-16(22-14)13-8-4-5-9-13/h1-3,6-7,11,13,15,18H,4-5,8-10H2,(H,20,21)/t15-/m0/s1. The predicted molar refractivity (Wildman–Crippen MR) is 87.0 cm³/mol. The van der Waals surface area contributed by atoms with Crippen molar-refractivity contribution in [3.8, 4) is 0 Å². The predicted octanol–water partition coefficient (Wildman–Crippen LogP) is 3.72. The summed E-state index contributed by atoms with van der Waals surface area (Å²) >= 11 is 1.71. The van der Waals surface area contributed by atoms with Crippen LogP contribution in [0, 0.1) is 0 Å². The van der Waals surface area contributed by atoms with Crippen molar-refractivity contribution in [3.05, 3.63) is 52.0 Å². The molecule has 5 heteroatoms. The van der Waals surface area contributed by atoms with Gasteiger partial charge in [-0.05, 0) is 18.4 Å². The summed E-state index contributed by atoms with van der Waals surface area (Å²) in [5.41, 5.74) is 0.774. The highest BCUT2D eigenvalue weighted by atomic mass is 32.1. The van der Waals surface area contributed by atoms with Crippen LogP contribution in [0.3, 0.4) is 0 Å². The number of benzene rings is 1. The molecular formula is C17H20N2O2S. The van der Waals surface area contributed by atoms with E-state index in [1.54, 1.807) is 11.3 Å². The van der Waals surface area contributed by atoms with Crippen molar-refractivity contribution >= 4 is 17.3 Å². The second kappa shape index (κ2) is 7.03. The van der Waals surface area contributed by atoms with Crippen molar-refractivity contribution in [2.24, 2.45) is 0 Å². The number of aliphatic carboxylic acids is 1. The monoisotopic (exact) mass is 316 g/mol. The van der Waals surface area contributed by atoms with Crippen LogP contribution in [0.25, 0.3) is 0 Å². The number of rotatable bonds is 6. The maximum atomic E-state index is 11.5. The molecule has 1 aliphatic carbocycles. The molecule has 0 unspecified atom stereocenters. The number of aromatic nitrogens is 1. The third kappa shape index (κ3) is 3.54. The van der Waals surface area contributed by atoms with Gasteiger partial charge in [0.15, 0.2) is 0 Å². The van der Waals surface area contributed by atoms with Crippen molar-refractivity contribution in [3.63, 3.8) is 0 Å². The highest BCUT2D eigenvalue weighted by Crippen LogP contribution is 2.36. The molecule has 1 atom stereocenters. The lowest BCUT2D eigenvalue weighted by atomic mass is 10.1. The Bertz CT molecular complexity index is 621. The van der Waals surface area contributed by atoms with Gasteiger partial charge >= 0.3 is 5.97 Å². The van der Waals surface area contributed by atoms with E-state index in [2.05, 4.69) is 10.3 Å². The van der Waals surface area contributed by atoms with Crippen molar-refractivity contribution in [1.82, 2.24) is 10.3 Å². The number of thiazole rings is 1. The SMILES string of the molecule is O=C(O)[C@@H](NCc1cnc(C2CCCC2)s1)c1ccccc1. The normalized spacial score (nSPS) is 16.7. The lowest BCUT2D eigenvalue weighted by Crippen LogP contribution is -2.27. The molecule has 0 amide bonds. The van der Waals surface area contributed by atoms with Crippen LogP contribution >= 0.6 is 11.3 Å². The second-order valence-electron chi connectivity index (χ2n) is 5.71. The second-order valence-corrected chi connectivity index (χ2v) is 6.86. The van der Waals surface area contributed by atoms with Gasteiger partial charge in [0, 0.05) is 23.5 Å². The van der Waals surface area contributed by atoms with Gasteiger partial charge in [0.25, 0.3) is 0 Å². The molecule has 1 heterocycles. The number of carboxylic acid groups (broad SMARTS) is 1. The zero-order valence-electron chi connectivity index (χ0n) is 12.4. The molecule has 0 bridgehead atoms. The molecule has 1 aliphatic rings. The van der Waals surface area contributed by atoms with E-state index >= 15 is 0 Å². The molecular weight excluding hydrogens is 296 g/mol. The molecule has 22 heavy (non-hydrogen) atoms. The number of hydrogen-bond donors (Lipinski definition) is 2. The van der Waals surface area contributed by atoms with Crippen LogP contribution in [0.15, 0.2) is 36.5 Å². The summed E-state index contributed by atoms with van der Waals surface area (Å²) in [6, 6.07) is 8.60. The minimum Gasteiger partial charge on any atom is -0.480 e. The first-order valence-electron chi connectivity index (χ1n) is 7.70. The molecule has 2 aromatic rings. The van der Waals surface area contributed by atoms with Crippen LogP contribution in [-0.4, -0.2) is 16.1 Å². The van der Waals surface area contributed by atoms with Crippen LogP contribution in [0.1, 0.15) is 53.1 Å². The lowest BCUT2D eigenvalue weighted by molar-refractivity contribution is -0.139. The molecule has 0 spiro atoms. The Morgan fingerprint density at radius 2 is 2.05 bits per heavy atom. The van der Waals surface area contributed by atoms with Crippen LogP contribution in [0.2, 0.25) is 0 Å². The van der Waals surface area contributed by atoms with E-state index in [9.17, 15) is 9.90 Å². The van der Waals surface area contributed by atoms with Gasteiger partial charge in [0.1, 0.15) is 6.04 Å². The van der Waals surface area contributed by atoms with Gasteiger partial charge < -0.3 is 5.11 Å². The number of nitrogens with one attached hydrogen (secondary N) is 1.